The van der Waals surface area contributed by atoms with Crippen molar-refractivity contribution in [2.45, 2.75) is 104 Å². The molecule has 144 valence electrons. The summed E-state index contributed by atoms with van der Waals surface area (Å²) in [5, 5.41) is 9.04. The Morgan fingerprint density at radius 3 is 2.08 bits per heavy atom. The van der Waals surface area contributed by atoms with E-state index >= 15 is 0 Å². The van der Waals surface area contributed by atoms with Crippen LogP contribution in [0.25, 0.3) is 0 Å². The lowest BCUT2D eigenvalue weighted by atomic mass is 9.76. The van der Waals surface area contributed by atoms with Gasteiger partial charge in [0.25, 0.3) is 0 Å². The molecule has 0 saturated carbocycles. The van der Waals surface area contributed by atoms with E-state index in [1.165, 1.54) is 93.3 Å². The van der Waals surface area contributed by atoms with Crippen molar-refractivity contribution < 1.29 is 9.90 Å². The van der Waals surface area contributed by atoms with E-state index in [2.05, 4.69) is 20.8 Å². The molecule has 3 heteroatoms. The van der Waals surface area contributed by atoms with Gasteiger partial charge in [-0.05, 0) is 49.7 Å². The number of carboxylic acids is 1. The second-order valence-corrected chi connectivity index (χ2v) is 9.02. The van der Waals surface area contributed by atoms with Gasteiger partial charge < -0.3 is 5.11 Å². The first-order valence-electron chi connectivity index (χ1n) is 10.3. The van der Waals surface area contributed by atoms with Gasteiger partial charge in [-0.3, -0.25) is 0 Å². The molecule has 0 bridgehead atoms. The Bertz CT molecular complexity index is 480. The average molecular weight is 367 g/mol. The molecule has 0 fully saturated rings. The van der Waals surface area contributed by atoms with Crippen molar-refractivity contribution in [3.63, 3.8) is 0 Å². The minimum Gasteiger partial charge on any atom is -0.477 e. The Balaban J connectivity index is 2.43. The van der Waals surface area contributed by atoms with Gasteiger partial charge >= 0.3 is 5.97 Å². The van der Waals surface area contributed by atoms with Gasteiger partial charge in [0.15, 0.2) is 0 Å². The molecular weight excluding hydrogens is 328 g/mol. The zero-order valence-electron chi connectivity index (χ0n) is 16.6. The molecule has 25 heavy (non-hydrogen) atoms. The second-order valence-electron chi connectivity index (χ2n) is 7.86. The SMILES string of the molecule is CCCCCCCC(C)(CCCCC)CCCc1ccc(C(=O)O)s1. The summed E-state index contributed by atoms with van der Waals surface area (Å²) in [6, 6.07) is 3.74. The molecule has 0 spiro atoms. The van der Waals surface area contributed by atoms with Crippen LogP contribution in [-0.2, 0) is 6.42 Å². The summed E-state index contributed by atoms with van der Waals surface area (Å²) < 4.78 is 0. The third-order valence-electron chi connectivity index (χ3n) is 5.34. The highest BCUT2D eigenvalue weighted by Gasteiger charge is 2.23. The monoisotopic (exact) mass is 366 g/mol. The lowest BCUT2D eigenvalue weighted by Gasteiger charge is -2.30. The molecule has 0 aliphatic rings. The van der Waals surface area contributed by atoms with Gasteiger partial charge in [-0.1, -0.05) is 72.1 Å². The fourth-order valence-corrected chi connectivity index (χ4v) is 4.54. The van der Waals surface area contributed by atoms with Crippen LogP contribution in [0.3, 0.4) is 0 Å². The summed E-state index contributed by atoms with van der Waals surface area (Å²) in [6.07, 6.45) is 17.0. The molecule has 0 aliphatic heterocycles. The Morgan fingerprint density at radius 2 is 1.48 bits per heavy atom. The van der Waals surface area contributed by atoms with Crippen LogP contribution in [0.2, 0.25) is 0 Å². The Labute approximate surface area is 159 Å². The van der Waals surface area contributed by atoms with E-state index in [1.54, 1.807) is 6.07 Å². The van der Waals surface area contributed by atoms with E-state index in [0.717, 1.165) is 6.42 Å². The minimum absolute atomic E-state index is 0.467. The number of rotatable bonds is 15. The number of aromatic carboxylic acids is 1. The number of hydrogen-bond donors (Lipinski definition) is 1. The van der Waals surface area contributed by atoms with Gasteiger partial charge in [-0.25, -0.2) is 4.79 Å². The molecule has 1 aromatic rings. The zero-order chi connectivity index (χ0) is 18.5. The third-order valence-corrected chi connectivity index (χ3v) is 6.48. The fraction of sp³-hybridized carbons (Fsp3) is 0.773. The van der Waals surface area contributed by atoms with E-state index < -0.39 is 5.97 Å². The van der Waals surface area contributed by atoms with Gasteiger partial charge in [0.1, 0.15) is 4.88 Å². The third kappa shape index (κ3) is 9.44. The maximum absolute atomic E-state index is 11.0. The summed E-state index contributed by atoms with van der Waals surface area (Å²) >= 11 is 1.44. The van der Waals surface area contributed by atoms with Crippen LogP contribution in [0.4, 0.5) is 0 Å². The summed E-state index contributed by atoms with van der Waals surface area (Å²) in [5.74, 6) is -0.798. The van der Waals surface area contributed by atoms with Gasteiger partial charge in [0, 0.05) is 4.88 Å². The van der Waals surface area contributed by atoms with Crippen molar-refractivity contribution in [1.29, 1.82) is 0 Å². The van der Waals surface area contributed by atoms with Gasteiger partial charge in [0.2, 0.25) is 0 Å². The Hall–Kier alpha value is -0.830. The standard InChI is InChI=1S/C22H38O2S/c1-4-6-8-9-11-17-22(3,16-10-7-5-2)18-12-13-19-14-15-20(25-19)21(23)24/h14-15H,4-13,16-18H2,1-3H3,(H,23,24). The molecule has 1 unspecified atom stereocenters. The van der Waals surface area contributed by atoms with Crippen LogP contribution in [0.15, 0.2) is 12.1 Å². The molecular formula is C22H38O2S. The molecule has 2 nitrogen and oxygen atoms in total. The van der Waals surface area contributed by atoms with Crippen molar-refractivity contribution in [3.8, 4) is 0 Å². The Morgan fingerprint density at radius 1 is 0.920 bits per heavy atom. The highest BCUT2D eigenvalue weighted by molar-refractivity contribution is 7.13. The van der Waals surface area contributed by atoms with Crippen molar-refractivity contribution >= 4 is 17.3 Å². The highest BCUT2D eigenvalue weighted by Crippen LogP contribution is 2.36. The van der Waals surface area contributed by atoms with Crippen LogP contribution in [0.1, 0.15) is 112 Å². The first-order chi connectivity index (χ1) is 12.0. The lowest BCUT2D eigenvalue weighted by Crippen LogP contribution is -2.17. The molecule has 0 saturated heterocycles. The molecule has 0 amide bonds. The van der Waals surface area contributed by atoms with E-state index in [9.17, 15) is 4.79 Å². The normalized spacial score (nSPS) is 13.7. The average Bonchev–Trinajstić information content (AvgIpc) is 3.04. The van der Waals surface area contributed by atoms with Crippen LogP contribution in [-0.4, -0.2) is 11.1 Å². The molecule has 1 N–H and O–H groups in total. The highest BCUT2D eigenvalue weighted by atomic mass is 32.1. The van der Waals surface area contributed by atoms with Crippen LogP contribution in [0.5, 0.6) is 0 Å². The first-order valence-corrected chi connectivity index (χ1v) is 11.1. The quantitative estimate of drug-likeness (QED) is 0.323. The number of carboxylic acid groups (broad SMARTS) is 1. The zero-order valence-corrected chi connectivity index (χ0v) is 17.4. The van der Waals surface area contributed by atoms with Crippen LogP contribution in [0, 0.1) is 5.41 Å². The first kappa shape index (κ1) is 22.2. The number of aryl methyl sites for hydroxylation is 1. The Kier molecular flexibility index (Phi) is 11.1. The second kappa shape index (κ2) is 12.5. The topological polar surface area (TPSA) is 37.3 Å². The van der Waals surface area contributed by atoms with E-state index in [0.29, 0.717) is 10.3 Å². The number of hydrogen-bond acceptors (Lipinski definition) is 2. The van der Waals surface area contributed by atoms with Crippen LogP contribution < -0.4 is 0 Å². The fourth-order valence-electron chi connectivity index (χ4n) is 3.65. The van der Waals surface area contributed by atoms with E-state index in [-0.39, 0.29) is 0 Å². The van der Waals surface area contributed by atoms with Crippen molar-refractivity contribution in [2.24, 2.45) is 5.41 Å². The van der Waals surface area contributed by atoms with Crippen molar-refractivity contribution in [3.05, 3.63) is 21.9 Å². The summed E-state index contributed by atoms with van der Waals surface area (Å²) in [5.41, 5.74) is 0.467. The molecule has 0 radical (unpaired) electrons. The molecule has 0 aliphatic carbocycles. The number of unbranched alkanes of at least 4 members (excludes halogenated alkanes) is 6. The predicted octanol–water partition coefficient (Wildman–Crippen LogP) is 7.72. The summed E-state index contributed by atoms with van der Waals surface area (Å²) in [6.45, 7) is 7.04. The molecule has 1 aromatic heterocycles. The molecule has 1 heterocycles. The maximum atomic E-state index is 11.0. The molecule has 1 rings (SSSR count). The summed E-state index contributed by atoms with van der Waals surface area (Å²) in [4.78, 5) is 12.7. The van der Waals surface area contributed by atoms with Crippen molar-refractivity contribution in [1.82, 2.24) is 0 Å². The number of carbonyl (C=O) groups is 1. The number of thiophene rings is 1. The molecule has 1 atom stereocenters. The predicted molar refractivity (Wildman–Crippen MR) is 110 cm³/mol. The summed E-state index contributed by atoms with van der Waals surface area (Å²) in [7, 11) is 0. The van der Waals surface area contributed by atoms with E-state index in [4.69, 9.17) is 5.11 Å². The van der Waals surface area contributed by atoms with Crippen LogP contribution >= 0.6 is 11.3 Å². The minimum atomic E-state index is -0.798. The van der Waals surface area contributed by atoms with Gasteiger partial charge in [0.05, 0.1) is 0 Å². The lowest BCUT2D eigenvalue weighted by molar-refractivity contribution is 0.0702. The van der Waals surface area contributed by atoms with E-state index in [1.807, 2.05) is 6.07 Å². The van der Waals surface area contributed by atoms with Gasteiger partial charge in [-0.2, -0.15) is 0 Å². The largest absolute Gasteiger partial charge is 0.477 e. The maximum Gasteiger partial charge on any atom is 0.345 e. The molecule has 0 aromatic carbocycles. The van der Waals surface area contributed by atoms with Crippen molar-refractivity contribution in [2.75, 3.05) is 0 Å². The van der Waals surface area contributed by atoms with Gasteiger partial charge in [-0.15, -0.1) is 11.3 Å². The smallest absolute Gasteiger partial charge is 0.345 e.